The van der Waals surface area contributed by atoms with E-state index < -0.39 is 0 Å². The van der Waals surface area contributed by atoms with Gasteiger partial charge in [0.25, 0.3) is 0 Å². The van der Waals surface area contributed by atoms with Crippen molar-refractivity contribution in [2.24, 2.45) is 0 Å². The number of hydrogen-bond donors (Lipinski definition) is 1. The van der Waals surface area contributed by atoms with E-state index >= 15 is 0 Å². The van der Waals surface area contributed by atoms with Crippen LogP contribution in [0, 0.1) is 17.1 Å². The Balaban J connectivity index is 2.20. The van der Waals surface area contributed by atoms with E-state index in [0.29, 0.717) is 11.3 Å². The van der Waals surface area contributed by atoms with Crippen LogP contribution in [0.5, 0.6) is 0 Å². The average Bonchev–Trinajstić information content (AvgIpc) is 2.91. The predicted octanol–water partition coefficient (Wildman–Crippen LogP) is 4.32. The quantitative estimate of drug-likeness (QED) is 0.888. The molecule has 0 spiro atoms. The van der Waals surface area contributed by atoms with Crippen molar-refractivity contribution in [2.45, 2.75) is 19.4 Å². The molecule has 1 N–H and O–H groups in total. The SMILES string of the molecule is CCC(Nc1ccc(C#N)cc1F)c1cccs1. The summed E-state index contributed by atoms with van der Waals surface area (Å²) in [5.41, 5.74) is 0.775. The molecule has 0 aliphatic heterocycles. The molecule has 2 nitrogen and oxygen atoms in total. The summed E-state index contributed by atoms with van der Waals surface area (Å²) in [5.74, 6) is -0.385. The highest BCUT2D eigenvalue weighted by molar-refractivity contribution is 7.10. The standard InChI is InChI=1S/C14H13FN2S/c1-2-12(14-4-3-7-18-14)17-13-6-5-10(9-16)8-11(13)15/h3-8,12,17H,2H2,1H3. The molecule has 92 valence electrons. The van der Waals surface area contributed by atoms with Crippen molar-refractivity contribution in [3.8, 4) is 6.07 Å². The van der Waals surface area contributed by atoms with Gasteiger partial charge < -0.3 is 5.32 Å². The molecule has 0 saturated heterocycles. The Morgan fingerprint density at radius 3 is 2.83 bits per heavy atom. The maximum atomic E-state index is 13.8. The summed E-state index contributed by atoms with van der Waals surface area (Å²) in [6.45, 7) is 2.05. The molecule has 0 saturated carbocycles. The molecule has 1 aromatic carbocycles. The predicted molar refractivity (Wildman–Crippen MR) is 72.1 cm³/mol. The Kier molecular flexibility index (Phi) is 3.96. The molecule has 4 heteroatoms. The van der Waals surface area contributed by atoms with E-state index in [4.69, 9.17) is 5.26 Å². The fourth-order valence-corrected chi connectivity index (χ4v) is 2.61. The zero-order valence-corrected chi connectivity index (χ0v) is 10.8. The van der Waals surface area contributed by atoms with Crippen LogP contribution in [0.4, 0.5) is 10.1 Å². The Morgan fingerprint density at radius 1 is 1.44 bits per heavy atom. The van der Waals surface area contributed by atoms with Gasteiger partial charge in [-0.05, 0) is 36.1 Å². The van der Waals surface area contributed by atoms with Crippen LogP contribution in [-0.2, 0) is 0 Å². The second kappa shape index (κ2) is 5.65. The number of halogens is 1. The Labute approximate surface area is 110 Å². The van der Waals surface area contributed by atoms with E-state index in [1.807, 2.05) is 23.6 Å². The normalized spacial score (nSPS) is 11.8. The van der Waals surface area contributed by atoms with Crippen molar-refractivity contribution < 1.29 is 4.39 Å². The summed E-state index contributed by atoms with van der Waals surface area (Å²) in [5, 5.41) is 13.9. The molecular formula is C14H13FN2S. The minimum atomic E-state index is -0.385. The molecule has 0 fully saturated rings. The molecule has 1 heterocycles. The highest BCUT2D eigenvalue weighted by Crippen LogP contribution is 2.27. The third kappa shape index (κ3) is 2.69. The zero-order valence-electron chi connectivity index (χ0n) is 9.98. The summed E-state index contributed by atoms with van der Waals surface area (Å²) in [6.07, 6.45) is 0.875. The zero-order chi connectivity index (χ0) is 13.0. The minimum Gasteiger partial charge on any atom is -0.375 e. The topological polar surface area (TPSA) is 35.8 Å². The molecule has 0 bridgehead atoms. The number of nitrogens with one attached hydrogen (secondary N) is 1. The van der Waals surface area contributed by atoms with Crippen LogP contribution in [0.2, 0.25) is 0 Å². The van der Waals surface area contributed by atoms with Crippen molar-refractivity contribution >= 4 is 17.0 Å². The van der Waals surface area contributed by atoms with E-state index in [1.165, 1.54) is 10.9 Å². The van der Waals surface area contributed by atoms with E-state index in [1.54, 1.807) is 23.5 Å². The highest BCUT2D eigenvalue weighted by Gasteiger charge is 2.12. The first kappa shape index (κ1) is 12.6. The third-order valence-corrected chi connectivity index (χ3v) is 3.71. The van der Waals surface area contributed by atoms with E-state index in [2.05, 4.69) is 12.2 Å². The van der Waals surface area contributed by atoms with Gasteiger partial charge in [0.05, 0.1) is 23.4 Å². The molecule has 2 rings (SSSR count). The molecule has 1 atom stereocenters. The Morgan fingerprint density at radius 2 is 2.28 bits per heavy atom. The van der Waals surface area contributed by atoms with Gasteiger partial charge >= 0.3 is 0 Å². The lowest BCUT2D eigenvalue weighted by Gasteiger charge is -2.17. The molecule has 1 aromatic heterocycles. The smallest absolute Gasteiger partial charge is 0.147 e. The minimum absolute atomic E-state index is 0.104. The molecule has 1 unspecified atom stereocenters. The molecular weight excluding hydrogens is 247 g/mol. The van der Waals surface area contributed by atoms with Crippen molar-refractivity contribution in [3.63, 3.8) is 0 Å². The fourth-order valence-electron chi connectivity index (χ4n) is 1.75. The number of benzene rings is 1. The number of anilines is 1. The first-order chi connectivity index (χ1) is 8.74. The second-order valence-electron chi connectivity index (χ2n) is 3.93. The van der Waals surface area contributed by atoms with Gasteiger partial charge in [0.1, 0.15) is 5.82 Å². The van der Waals surface area contributed by atoms with Gasteiger partial charge in [-0.25, -0.2) is 4.39 Å². The van der Waals surface area contributed by atoms with Gasteiger partial charge in [0.2, 0.25) is 0 Å². The van der Waals surface area contributed by atoms with Crippen molar-refractivity contribution in [1.29, 1.82) is 5.26 Å². The third-order valence-electron chi connectivity index (χ3n) is 2.72. The van der Waals surface area contributed by atoms with Crippen molar-refractivity contribution in [1.82, 2.24) is 0 Å². The van der Waals surface area contributed by atoms with Crippen LogP contribution in [0.25, 0.3) is 0 Å². The van der Waals surface area contributed by atoms with Gasteiger partial charge in [-0.1, -0.05) is 13.0 Å². The fraction of sp³-hybridized carbons (Fsp3) is 0.214. The van der Waals surface area contributed by atoms with Crippen LogP contribution >= 0.6 is 11.3 Å². The Hall–Kier alpha value is -1.86. The molecule has 0 aliphatic carbocycles. The lowest BCUT2D eigenvalue weighted by atomic mass is 10.1. The van der Waals surface area contributed by atoms with Crippen LogP contribution < -0.4 is 5.32 Å². The first-order valence-electron chi connectivity index (χ1n) is 5.74. The number of thiophene rings is 1. The van der Waals surface area contributed by atoms with Gasteiger partial charge in [-0.3, -0.25) is 0 Å². The Bertz CT molecular complexity index is 558. The average molecular weight is 260 g/mol. The van der Waals surface area contributed by atoms with Crippen LogP contribution in [0.1, 0.15) is 29.8 Å². The lowest BCUT2D eigenvalue weighted by molar-refractivity contribution is 0.624. The molecule has 18 heavy (non-hydrogen) atoms. The van der Waals surface area contributed by atoms with Gasteiger partial charge in [0.15, 0.2) is 0 Å². The van der Waals surface area contributed by atoms with E-state index in [-0.39, 0.29) is 11.9 Å². The maximum absolute atomic E-state index is 13.8. The van der Waals surface area contributed by atoms with Crippen LogP contribution in [0.3, 0.4) is 0 Å². The number of rotatable bonds is 4. The van der Waals surface area contributed by atoms with Gasteiger partial charge in [0, 0.05) is 4.88 Å². The molecule has 0 amide bonds. The number of hydrogen-bond acceptors (Lipinski definition) is 3. The van der Waals surface area contributed by atoms with E-state index in [9.17, 15) is 4.39 Å². The number of nitriles is 1. The monoisotopic (exact) mass is 260 g/mol. The first-order valence-corrected chi connectivity index (χ1v) is 6.62. The number of nitrogens with zero attached hydrogens (tertiary/aromatic N) is 1. The summed E-state index contributed by atoms with van der Waals surface area (Å²) in [7, 11) is 0. The van der Waals surface area contributed by atoms with Crippen LogP contribution in [-0.4, -0.2) is 0 Å². The highest BCUT2D eigenvalue weighted by atomic mass is 32.1. The summed E-state index contributed by atoms with van der Waals surface area (Å²) >= 11 is 1.65. The molecule has 0 radical (unpaired) electrons. The van der Waals surface area contributed by atoms with Gasteiger partial charge in [-0.2, -0.15) is 5.26 Å². The van der Waals surface area contributed by atoms with Crippen molar-refractivity contribution in [3.05, 3.63) is 52.0 Å². The van der Waals surface area contributed by atoms with E-state index in [0.717, 1.165) is 6.42 Å². The summed E-state index contributed by atoms with van der Waals surface area (Å²) in [6, 6.07) is 10.5. The summed E-state index contributed by atoms with van der Waals surface area (Å²) in [4.78, 5) is 1.18. The largest absolute Gasteiger partial charge is 0.375 e. The van der Waals surface area contributed by atoms with Crippen molar-refractivity contribution in [2.75, 3.05) is 5.32 Å². The molecule has 2 aromatic rings. The molecule has 0 aliphatic rings. The second-order valence-corrected chi connectivity index (χ2v) is 4.91. The van der Waals surface area contributed by atoms with Gasteiger partial charge in [-0.15, -0.1) is 11.3 Å². The van der Waals surface area contributed by atoms with Crippen LogP contribution in [0.15, 0.2) is 35.7 Å². The lowest BCUT2D eigenvalue weighted by Crippen LogP contribution is -2.09. The maximum Gasteiger partial charge on any atom is 0.147 e. The summed E-state index contributed by atoms with van der Waals surface area (Å²) < 4.78 is 13.8.